The summed E-state index contributed by atoms with van der Waals surface area (Å²) in [5, 5.41) is 7.93. The van der Waals surface area contributed by atoms with Gasteiger partial charge in [-0.2, -0.15) is 26.3 Å². The largest absolute Gasteiger partial charge is 0.504 e. The summed E-state index contributed by atoms with van der Waals surface area (Å²) < 4.78 is 78.3. The first-order valence-electron chi connectivity index (χ1n) is 5.90. The van der Waals surface area contributed by atoms with Gasteiger partial charge in [-0.3, -0.25) is 9.36 Å². The normalized spacial score (nSPS) is 17.3. The first-order valence-corrected chi connectivity index (χ1v) is 6.78. The third-order valence-corrected chi connectivity index (χ3v) is 3.38. The van der Waals surface area contributed by atoms with Crippen molar-refractivity contribution in [1.29, 1.82) is 0 Å². The number of rotatable bonds is 2. The molecule has 0 aromatic carbocycles. The van der Waals surface area contributed by atoms with E-state index in [4.69, 9.17) is 5.11 Å². The van der Waals surface area contributed by atoms with Crippen molar-refractivity contribution in [2.24, 2.45) is 0 Å². The third kappa shape index (κ3) is 11.1. The molecule has 0 spiro atoms. The van der Waals surface area contributed by atoms with E-state index in [1.165, 1.54) is 32.1 Å². The maximum Gasteiger partial charge on any atom is 0.454 e. The van der Waals surface area contributed by atoms with E-state index in [9.17, 15) is 35.7 Å². The van der Waals surface area contributed by atoms with Gasteiger partial charge in [-0.05, 0) is 12.8 Å². The number of hydrogen-bond donors (Lipinski definition) is 1. The maximum absolute atomic E-state index is 11.4. The zero-order chi connectivity index (χ0) is 16.7. The van der Waals surface area contributed by atoms with E-state index in [0.29, 0.717) is 14.1 Å². The second-order valence-electron chi connectivity index (χ2n) is 4.29. The standard InChI is InChI=1S/C6H11OP.C5H2F6O2.Eu/c7-8-6-4-2-1-3-5-6;6-4(7,8)2(12)1-3(13)5(9,10)11;/h6H,1-5H2;1,12H;/b;2-1-;. The first-order chi connectivity index (χ1) is 9.48. The summed E-state index contributed by atoms with van der Waals surface area (Å²) in [6, 6.07) is 0. The monoisotopic (exact) mass is 491 g/mol. The van der Waals surface area contributed by atoms with Crippen molar-refractivity contribution in [2.45, 2.75) is 50.1 Å². The molecule has 1 radical (unpaired) electrons. The topological polar surface area (TPSA) is 54.4 Å². The predicted octanol–water partition coefficient (Wildman–Crippen LogP) is 4.73. The Morgan fingerprint density at radius 2 is 1.45 bits per heavy atom. The van der Waals surface area contributed by atoms with E-state index in [1.807, 2.05) is 0 Å². The average Bonchev–Trinajstić information content (AvgIpc) is 2.38. The van der Waals surface area contributed by atoms with Gasteiger partial charge >= 0.3 is 12.4 Å². The molecule has 0 amide bonds. The number of aliphatic hydroxyl groups excluding tert-OH is 1. The van der Waals surface area contributed by atoms with Crippen LogP contribution in [0, 0.1) is 49.4 Å². The van der Waals surface area contributed by atoms with Crippen molar-refractivity contribution < 1.29 is 90.2 Å². The fourth-order valence-electron chi connectivity index (χ4n) is 1.47. The fraction of sp³-hybridized carbons (Fsp3) is 0.727. The second-order valence-corrected chi connectivity index (χ2v) is 5.23. The van der Waals surface area contributed by atoms with Crippen LogP contribution in [0.4, 0.5) is 26.3 Å². The maximum atomic E-state index is 11.4. The van der Waals surface area contributed by atoms with Crippen molar-refractivity contribution in [3.05, 3.63) is 11.8 Å². The van der Waals surface area contributed by atoms with Crippen LogP contribution in [-0.4, -0.2) is 28.9 Å². The van der Waals surface area contributed by atoms with Crippen LogP contribution < -0.4 is 0 Å². The zero-order valence-corrected chi connectivity index (χ0v) is 14.4. The molecule has 0 aliphatic heterocycles. The molecule has 1 saturated carbocycles. The molecular formula is C11H13EuF6O3P. The quantitative estimate of drug-likeness (QED) is 0.264. The number of carbonyl (C=O) groups excluding carboxylic acids is 1. The summed E-state index contributed by atoms with van der Waals surface area (Å²) in [6.07, 6.45) is -5.37. The number of halogens is 6. The summed E-state index contributed by atoms with van der Waals surface area (Å²) in [5.74, 6) is -5.34. The van der Waals surface area contributed by atoms with E-state index >= 15 is 0 Å². The molecule has 0 bridgehead atoms. The van der Waals surface area contributed by atoms with Crippen LogP contribution in [0.25, 0.3) is 0 Å². The minimum atomic E-state index is -5.42. The molecule has 0 unspecified atom stereocenters. The number of allylic oxidation sites excluding steroid dienone is 2. The van der Waals surface area contributed by atoms with Gasteiger partial charge in [-0.25, -0.2) is 0 Å². The van der Waals surface area contributed by atoms with Gasteiger partial charge in [-0.15, -0.1) is 0 Å². The molecule has 11 heteroatoms. The molecular weight excluding hydrogens is 477 g/mol. The van der Waals surface area contributed by atoms with Crippen LogP contribution in [0.2, 0.25) is 0 Å². The summed E-state index contributed by atoms with van der Waals surface area (Å²) in [4.78, 5) is 9.86. The van der Waals surface area contributed by atoms with E-state index in [1.54, 1.807) is 0 Å². The average molecular weight is 490 g/mol. The molecule has 0 aromatic heterocycles. The van der Waals surface area contributed by atoms with Crippen LogP contribution in [0.1, 0.15) is 32.1 Å². The Hall–Kier alpha value is 0.474. The first kappa shape index (κ1) is 24.7. The Labute approximate surface area is 165 Å². The smallest absolute Gasteiger partial charge is 0.454 e. The minimum absolute atomic E-state index is 0. The molecule has 1 aliphatic rings. The number of carbonyl (C=O) groups is 1. The van der Waals surface area contributed by atoms with Crippen molar-refractivity contribution in [2.75, 3.05) is 0 Å². The van der Waals surface area contributed by atoms with Crippen molar-refractivity contribution in [3.8, 4) is 0 Å². The van der Waals surface area contributed by atoms with Gasteiger partial charge < -0.3 is 5.11 Å². The molecule has 1 aliphatic carbocycles. The molecule has 22 heavy (non-hydrogen) atoms. The Kier molecular flexibility index (Phi) is 12.5. The van der Waals surface area contributed by atoms with Gasteiger partial charge in [0, 0.05) is 61.1 Å². The Morgan fingerprint density at radius 3 is 1.73 bits per heavy atom. The van der Waals surface area contributed by atoms with Gasteiger partial charge in [0.25, 0.3) is 5.78 Å². The molecule has 0 heterocycles. The molecule has 0 saturated heterocycles. The van der Waals surface area contributed by atoms with E-state index < -0.39 is 30.0 Å². The Balaban J connectivity index is 0. The van der Waals surface area contributed by atoms with Crippen molar-refractivity contribution in [1.82, 2.24) is 0 Å². The van der Waals surface area contributed by atoms with Crippen LogP contribution in [-0.2, 0) is 9.36 Å². The summed E-state index contributed by atoms with van der Waals surface area (Å²) in [7, 11) is 0.376. The van der Waals surface area contributed by atoms with Crippen LogP contribution in [0.3, 0.4) is 0 Å². The SMILES string of the molecule is O=C(/C=C(\O)C(F)(F)F)C(F)(F)F.O=PC1CCCCC1.[Eu]. The molecule has 1 fully saturated rings. The Bertz CT molecular complexity index is 388. The summed E-state index contributed by atoms with van der Waals surface area (Å²) >= 11 is 0. The Morgan fingerprint density at radius 1 is 1.00 bits per heavy atom. The number of ketones is 1. The van der Waals surface area contributed by atoms with Gasteiger partial charge in [0.1, 0.15) is 0 Å². The van der Waals surface area contributed by atoms with E-state index in [0.717, 1.165) is 0 Å². The van der Waals surface area contributed by atoms with Crippen LogP contribution in [0.5, 0.6) is 0 Å². The molecule has 1 rings (SSSR count). The number of aliphatic hydroxyl groups is 1. The van der Waals surface area contributed by atoms with Crippen molar-refractivity contribution >= 4 is 14.2 Å². The number of alkyl halides is 6. The van der Waals surface area contributed by atoms with Gasteiger partial charge in [0.2, 0.25) is 5.76 Å². The minimum Gasteiger partial charge on any atom is -0.504 e. The molecule has 129 valence electrons. The van der Waals surface area contributed by atoms with Crippen molar-refractivity contribution in [3.63, 3.8) is 0 Å². The fourth-order valence-corrected chi connectivity index (χ4v) is 2.05. The third-order valence-electron chi connectivity index (χ3n) is 2.56. The second kappa shape index (κ2) is 11.1. The van der Waals surface area contributed by atoms with Gasteiger partial charge in [-0.1, -0.05) is 19.3 Å². The molecule has 1 N–H and O–H groups in total. The zero-order valence-electron chi connectivity index (χ0n) is 11.0. The van der Waals surface area contributed by atoms with E-state index in [2.05, 4.69) is 0 Å². The van der Waals surface area contributed by atoms with E-state index in [-0.39, 0.29) is 49.4 Å². The van der Waals surface area contributed by atoms with Gasteiger partial charge in [0.05, 0.1) is 0 Å². The van der Waals surface area contributed by atoms with Crippen LogP contribution in [0.15, 0.2) is 11.8 Å². The van der Waals surface area contributed by atoms with Gasteiger partial charge in [0.15, 0.2) is 8.46 Å². The molecule has 0 atom stereocenters. The summed E-state index contributed by atoms with van der Waals surface area (Å²) in [6.45, 7) is 0. The summed E-state index contributed by atoms with van der Waals surface area (Å²) in [5.41, 5.74) is 0.503. The van der Waals surface area contributed by atoms with Crippen LogP contribution >= 0.6 is 8.46 Å². The number of hydrogen-bond acceptors (Lipinski definition) is 3. The molecule has 0 aromatic rings. The molecule has 3 nitrogen and oxygen atoms in total. The predicted molar refractivity (Wildman–Crippen MR) is 62.3 cm³/mol.